The van der Waals surface area contributed by atoms with Crippen molar-refractivity contribution in [2.75, 3.05) is 13.1 Å². The molecule has 1 saturated heterocycles. The Morgan fingerprint density at radius 3 is 2.40 bits per heavy atom. The smallest absolute Gasteiger partial charge is 0.0712 e. The summed E-state index contributed by atoms with van der Waals surface area (Å²) in [7, 11) is 0. The SMILES string of the molecule is OC1(Cc2ccc(Br)cc2)CCNCC1. The number of hydrogen-bond acceptors (Lipinski definition) is 2. The molecule has 1 aromatic carbocycles. The van der Waals surface area contributed by atoms with E-state index >= 15 is 0 Å². The van der Waals surface area contributed by atoms with Crippen molar-refractivity contribution in [1.29, 1.82) is 0 Å². The fourth-order valence-corrected chi connectivity index (χ4v) is 2.32. The van der Waals surface area contributed by atoms with Crippen LogP contribution in [0.2, 0.25) is 0 Å². The average molecular weight is 270 g/mol. The molecule has 0 aliphatic carbocycles. The van der Waals surface area contributed by atoms with Gasteiger partial charge in [-0.1, -0.05) is 28.1 Å². The minimum Gasteiger partial charge on any atom is -0.389 e. The van der Waals surface area contributed by atoms with Gasteiger partial charge in [0.05, 0.1) is 5.60 Å². The van der Waals surface area contributed by atoms with Gasteiger partial charge in [-0.15, -0.1) is 0 Å². The molecule has 1 aliphatic heterocycles. The summed E-state index contributed by atoms with van der Waals surface area (Å²) in [6, 6.07) is 8.20. The van der Waals surface area contributed by atoms with Gasteiger partial charge in [0, 0.05) is 10.9 Å². The number of halogens is 1. The minimum atomic E-state index is -0.501. The molecule has 0 radical (unpaired) electrons. The summed E-state index contributed by atoms with van der Waals surface area (Å²) in [6.45, 7) is 1.85. The Morgan fingerprint density at radius 1 is 1.20 bits per heavy atom. The summed E-state index contributed by atoms with van der Waals surface area (Å²) in [5.41, 5.74) is 0.710. The van der Waals surface area contributed by atoms with Crippen LogP contribution in [0.25, 0.3) is 0 Å². The van der Waals surface area contributed by atoms with Crippen molar-refractivity contribution in [3.8, 4) is 0 Å². The molecule has 0 bridgehead atoms. The number of hydrogen-bond donors (Lipinski definition) is 2. The Morgan fingerprint density at radius 2 is 1.80 bits per heavy atom. The van der Waals surface area contributed by atoms with Crippen LogP contribution in [0.4, 0.5) is 0 Å². The topological polar surface area (TPSA) is 32.3 Å². The van der Waals surface area contributed by atoms with Gasteiger partial charge in [0.15, 0.2) is 0 Å². The van der Waals surface area contributed by atoms with Crippen LogP contribution in [-0.4, -0.2) is 23.8 Å². The Hall–Kier alpha value is -0.380. The zero-order valence-electron chi connectivity index (χ0n) is 8.67. The summed E-state index contributed by atoms with van der Waals surface area (Å²) in [5.74, 6) is 0. The molecule has 1 heterocycles. The van der Waals surface area contributed by atoms with Crippen LogP contribution in [0, 0.1) is 0 Å². The van der Waals surface area contributed by atoms with E-state index in [-0.39, 0.29) is 0 Å². The van der Waals surface area contributed by atoms with Crippen molar-refractivity contribution in [1.82, 2.24) is 5.32 Å². The molecule has 1 aromatic rings. The van der Waals surface area contributed by atoms with E-state index in [0.29, 0.717) is 0 Å². The van der Waals surface area contributed by atoms with Crippen molar-refractivity contribution in [2.24, 2.45) is 0 Å². The van der Waals surface area contributed by atoms with Crippen molar-refractivity contribution in [2.45, 2.75) is 24.9 Å². The molecule has 1 fully saturated rings. The lowest BCUT2D eigenvalue weighted by Crippen LogP contribution is -2.43. The van der Waals surface area contributed by atoms with Gasteiger partial charge in [-0.25, -0.2) is 0 Å². The molecule has 0 aromatic heterocycles. The molecule has 82 valence electrons. The quantitative estimate of drug-likeness (QED) is 0.862. The first-order chi connectivity index (χ1) is 7.18. The molecule has 0 atom stereocenters. The van der Waals surface area contributed by atoms with Crippen molar-refractivity contribution < 1.29 is 5.11 Å². The highest BCUT2D eigenvalue weighted by atomic mass is 79.9. The van der Waals surface area contributed by atoms with Gasteiger partial charge in [0.2, 0.25) is 0 Å². The number of nitrogens with one attached hydrogen (secondary N) is 1. The average Bonchev–Trinajstić information content (AvgIpc) is 2.22. The normalized spacial score (nSPS) is 20.1. The summed E-state index contributed by atoms with van der Waals surface area (Å²) >= 11 is 3.41. The van der Waals surface area contributed by atoms with E-state index in [2.05, 4.69) is 33.4 Å². The second-order valence-electron chi connectivity index (χ2n) is 4.28. The van der Waals surface area contributed by atoms with Gasteiger partial charge in [0.1, 0.15) is 0 Å². The summed E-state index contributed by atoms with van der Waals surface area (Å²) in [4.78, 5) is 0. The van der Waals surface area contributed by atoms with Crippen LogP contribution in [0.3, 0.4) is 0 Å². The summed E-state index contributed by atoms with van der Waals surface area (Å²) in [5, 5.41) is 13.6. The summed E-state index contributed by atoms with van der Waals surface area (Å²) in [6.07, 6.45) is 2.47. The van der Waals surface area contributed by atoms with Gasteiger partial charge in [-0.05, 0) is 43.6 Å². The molecule has 1 aliphatic rings. The maximum atomic E-state index is 10.3. The lowest BCUT2D eigenvalue weighted by molar-refractivity contribution is 0.0109. The monoisotopic (exact) mass is 269 g/mol. The standard InChI is InChI=1S/C12H16BrNO/c13-11-3-1-10(2-4-11)9-12(15)5-7-14-8-6-12/h1-4,14-15H,5-9H2. The van der Waals surface area contributed by atoms with Crippen molar-refractivity contribution >= 4 is 15.9 Å². The van der Waals surface area contributed by atoms with Crippen molar-refractivity contribution in [3.05, 3.63) is 34.3 Å². The third-order valence-corrected chi connectivity index (χ3v) is 3.51. The Labute approximate surface area is 98.8 Å². The molecular weight excluding hydrogens is 254 g/mol. The first-order valence-corrected chi connectivity index (χ1v) is 6.15. The van der Waals surface area contributed by atoms with Crippen molar-refractivity contribution in [3.63, 3.8) is 0 Å². The second kappa shape index (κ2) is 4.64. The lowest BCUT2D eigenvalue weighted by atomic mass is 9.86. The van der Waals surface area contributed by atoms with E-state index in [0.717, 1.165) is 36.8 Å². The third kappa shape index (κ3) is 3.03. The third-order valence-electron chi connectivity index (χ3n) is 2.98. The molecule has 15 heavy (non-hydrogen) atoms. The van der Waals surface area contributed by atoms with Crippen LogP contribution in [0.15, 0.2) is 28.7 Å². The minimum absolute atomic E-state index is 0.501. The van der Waals surface area contributed by atoms with E-state index in [1.54, 1.807) is 0 Å². The number of benzene rings is 1. The Kier molecular flexibility index (Phi) is 3.44. The highest BCUT2D eigenvalue weighted by molar-refractivity contribution is 9.10. The highest BCUT2D eigenvalue weighted by Crippen LogP contribution is 2.23. The molecule has 2 N–H and O–H groups in total. The fourth-order valence-electron chi connectivity index (χ4n) is 2.05. The molecule has 0 saturated carbocycles. The maximum absolute atomic E-state index is 10.3. The molecule has 2 rings (SSSR count). The Bertz CT molecular complexity index is 317. The summed E-state index contributed by atoms with van der Waals surface area (Å²) < 4.78 is 1.09. The van der Waals surface area contributed by atoms with Crippen LogP contribution in [0.5, 0.6) is 0 Å². The molecule has 3 heteroatoms. The molecule has 0 unspecified atom stereocenters. The highest BCUT2D eigenvalue weighted by Gasteiger charge is 2.28. The first-order valence-electron chi connectivity index (χ1n) is 5.36. The fraction of sp³-hybridized carbons (Fsp3) is 0.500. The van der Waals surface area contributed by atoms with E-state index in [9.17, 15) is 5.11 Å². The predicted molar refractivity (Wildman–Crippen MR) is 64.9 cm³/mol. The van der Waals surface area contributed by atoms with Gasteiger partial charge in [-0.3, -0.25) is 0 Å². The molecule has 0 spiro atoms. The zero-order valence-corrected chi connectivity index (χ0v) is 10.3. The maximum Gasteiger partial charge on any atom is 0.0712 e. The van der Waals surface area contributed by atoms with Crippen LogP contribution in [0.1, 0.15) is 18.4 Å². The van der Waals surface area contributed by atoms with Gasteiger partial charge >= 0.3 is 0 Å². The van der Waals surface area contributed by atoms with E-state index in [4.69, 9.17) is 0 Å². The predicted octanol–water partition coefficient (Wildman–Crippen LogP) is 2.11. The van der Waals surface area contributed by atoms with Crippen LogP contribution < -0.4 is 5.32 Å². The zero-order chi connectivity index (χ0) is 10.7. The van der Waals surface area contributed by atoms with E-state index in [1.807, 2.05) is 12.1 Å². The number of piperidine rings is 1. The molecule has 0 amide bonds. The lowest BCUT2D eigenvalue weighted by Gasteiger charge is -2.32. The Balaban J connectivity index is 2.03. The largest absolute Gasteiger partial charge is 0.389 e. The molecule has 2 nitrogen and oxygen atoms in total. The molecular formula is C12H16BrNO. The number of aliphatic hydroxyl groups is 1. The van der Waals surface area contributed by atoms with E-state index < -0.39 is 5.60 Å². The van der Waals surface area contributed by atoms with Gasteiger partial charge < -0.3 is 10.4 Å². The van der Waals surface area contributed by atoms with E-state index in [1.165, 1.54) is 5.56 Å². The first kappa shape index (κ1) is 11.1. The van der Waals surface area contributed by atoms with Gasteiger partial charge in [0.25, 0.3) is 0 Å². The van der Waals surface area contributed by atoms with Crippen LogP contribution >= 0.6 is 15.9 Å². The van der Waals surface area contributed by atoms with Crippen LogP contribution in [-0.2, 0) is 6.42 Å². The van der Waals surface area contributed by atoms with Gasteiger partial charge in [-0.2, -0.15) is 0 Å². The second-order valence-corrected chi connectivity index (χ2v) is 5.19. The number of rotatable bonds is 2.